The van der Waals surface area contributed by atoms with E-state index < -0.39 is 6.79 Å². The maximum absolute atomic E-state index is 12.9. The molecule has 3 aromatic carbocycles. The van der Waals surface area contributed by atoms with Gasteiger partial charge in [0.25, 0.3) is 0 Å². The molecule has 4 rings (SSSR count). The third kappa shape index (κ3) is 3.61. The summed E-state index contributed by atoms with van der Waals surface area (Å²) in [5, 5.41) is 9.59. The molecule has 0 aliphatic carbocycles. The number of fused-ring (bicyclic) bond motifs is 1. The van der Waals surface area contributed by atoms with Crippen molar-refractivity contribution in [2.75, 3.05) is 6.79 Å². The standard InChI is InChI=1S/C23H19NO4/c25-15-28-21-12-11-18-22(23(21)27-14-16-7-3-1-4-8-16)20(26)13-19(24-18)17-9-5-2-6-10-17/h1-13,25H,14-15H2,(H,24,26). The van der Waals surface area contributed by atoms with E-state index in [1.54, 1.807) is 18.2 Å². The lowest BCUT2D eigenvalue weighted by Gasteiger charge is -2.15. The molecule has 0 amide bonds. The first kappa shape index (κ1) is 17.8. The number of nitrogens with one attached hydrogen (secondary N) is 1. The van der Waals surface area contributed by atoms with Gasteiger partial charge in [-0.15, -0.1) is 0 Å². The molecule has 0 spiro atoms. The summed E-state index contributed by atoms with van der Waals surface area (Å²) < 4.78 is 11.2. The maximum Gasteiger partial charge on any atom is 0.193 e. The number of rotatable bonds is 6. The predicted octanol–water partition coefficient (Wildman–Crippen LogP) is 4.10. The van der Waals surface area contributed by atoms with Crippen molar-refractivity contribution in [1.82, 2.24) is 4.98 Å². The molecule has 0 unspecified atom stereocenters. The Kier molecular flexibility index (Phi) is 5.08. The second-order valence-electron chi connectivity index (χ2n) is 6.28. The van der Waals surface area contributed by atoms with Gasteiger partial charge in [-0.05, 0) is 23.3 Å². The van der Waals surface area contributed by atoms with E-state index in [0.717, 1.165) is 16.8 Å². The maximum atomic E-state index is 12.9. The molecule has 1 heterocycles. The van der Waals surface area contributed by atoms with Crippen LogP contribution >= 0.6 is 0 Å². The Balaban J connectivity index is 1.81. The number of benzene rings is 3. The van der Waals surface area contributed by atoms with Gasteiger partial charge in [-0.25, -0.2) is 0 Å². The molecule has 1 aromatic heterocycles. The highest BCUT2D eigenvalue weighted by Crippen LogP contribution is 2.34. The SMILES string of the molecule is O=c1cc(-c2ccccc2)[nH]c2ccc(OCO)c(OCc3ccccc3)c12. The van der Waals surface area contributed by atoms with Gasteiger partial charge in [0.05, 0.1) is 10.9 Å². The summed E-state index contributed by atoms with van der Waals surface area (Å²) in [6.07, 6.45) is 0. The fraction of sp³-hybridized carbons (Fsp3) is 0.0870. The van der Waals surface area contributed by atoms with Gasteiger partial charge >= 0.3 is 0 Å². The molecule has 0 aliphatic rings. The molecule has 0 saturated heterocycles. The number of aliphatic hydroxyl groups is 1. The summed E-state index contributed by atoms with van der Waals surface area (Å²) in [4.78, 5) is 16.2. The molecule has 0 bridgehead atoms. The number of aliphatic hydroxyl groups excluding tert-OH is 1. The van der Waals surface area contributed by atoms with Gasteiger partial charge in [-0.2, -0.15) is 0 Å². The number of aromatic nitrogens is 1. The van der Waals surface area contributed by atoms with Gasteiger partial charge in [-0.1, -0.05) is 60.7 Å². The van der Waals surface area contributed by atoms with Crippen LogP contribution in [0.2, 0.25) is 0 Å². The van der Waals surface area contributed by atoms with Crippen LogP contribution in [0.1, 0.15) is 5.56 Å². The van der Waals surface area contributed by atoms with Gasteiger partial charge in [0.15, 0.2) is 23.7 Å². The van der Waals surface area contributed by atoms with Crippen LogP contribution in [0.4, 0.5) is 0 Å². The van der Waals surface area contributed by atoms with Crippen LogP contribution in [-0.4, -0.2) is 16.9 Å². The van der Waals surface area contributed by atoms with Crippen LogP contribution < -0.4 is 14.9 Å². The van der Waals surface area contributed by atoms with Gasteiger partial charge < -0.3 is 19.6 Å². The van der Waals surface area contributed by atoms with Gasteiger partial charge in [0.2, 0.25) is 0 Å². The monoisotopic (exact) mass is 373 g/mol. The molecule has 2 N–H and O–H groups in total. The summed E-state index contributed by atoms with van der Waals surface area (Å²) in [5.74, 6) is 0.639. The largest absolute Gasteiger partial charge is 0.484 e. The molecule has 4 aromatic rings. The number of hydrogen-bond acceptors (Lipinski definition) is 4. The average Bonchev–Trinajstić information content (AvgIpc) is 2.74. The molecular formula is C23H19NO4. The molecule has 0 fully saturated rings. The first-order chi connectivity index (χ1) is 13.8. The number of aromatic amines is 1. The van der Waals surface area contributed by atoms with Gasteiger partial charge in [0.1, 0.15) is 6.61 Å². The Morgan fingerprint density at radius 1 is 0.857 bits per heavy atom. The van der Waals surface area contributed by atoms with Crippen molar-refractivity contribution in [1.29, 1.82) is 0 Å². The summed E-state index contributed by atoms with van der Waals surface area (Å²) in [5.41, 5.74) is 3.07. The molecular weight excluding hydrogens is 354 g/mol. The lowest BCUT2D eigenvalue weighted by atomic mass is 10.1. The van der Waals surface area contributed by atoms with Crippen molar-refractivity contribution in [2.24, 2.45) is 0 Å². The first-order valence-electron chi connectivity index (χ1n) is 8.92. The van der Waals surface area contributed by atoms with E-state index in [1.807, 2.05) is 60.7 Å². The van der Waals surface area contributed by atoms with Crippen molar-refractivity contribution in [3.8, 4) is 22.8 Å². The highest BCUT2D eigenvalue weighted by atomic mass is 16.6. The minimum Gasteiger partial charge on any atom is -0.484 e. The summed E-state index contributed by atoms with van der Waals surface area (Å²) in [6, 6.07) is 24.3. The first-order valence-corrected chi connectivity index (χ1v) is 8.92. The number of hydrogen-bond donors (Lipinski definition) is 2. The fourth-order valence-corrected chi connectivity index (χ4v) is 3.13. The predicted molar refractivity (Wildman–Crippen MR) is 108 cm³/mol. The highest BCUT2D eigenvalue weighted by Gasteiger charge is 2.15. The normalized spacial score (nSPS) is 10.8. The van der Waals surface area contributed by atoms with E-state index >= 15 is 0 Å². The molecule has 0 saturated carbocycles. The van der Waals surface area contributed by atoms with Crippen LogP contribution in [0.15, 0.2) is 83.7 Å². The van der Waals surface area contributed by atoms with Crippen LogP contribution in [0, 0.1) is 0 Å². The average molecular weight is 373 g/mol. The van der Waals surface area contributed by atoms with E-state index in [4.69, 9.17) is 9.47 Å². The molecule has 0 aliphatic heterocycles. The third-order valence-corrected chi connectivity index (χ3v) is 4.44. The Bertz CT molecular complexity index is 1140. The van der Waals surface area contributed by atoms with Crippen LogP contribution in [0.5, 0.6) is 11.5 Å². The summed E-state index contributed by atoms with van der Waals surface area (Å²) >= 11 is 0. The molecule has 0 radical (unpaired) electrons. The summed E-state index contributed by atoms with van der Waals surface area (Å²) in [6.45, 7) is -0.227. The van der Waals surface area contributed by atoms with Crippen molar-refractivity contribution in [3.05, 3.63) is 94.6 Å². The fourth-order valence-electron chi connectivity index (χ4n) is 3.13. The second-order valence-corrected chi connectivity index (χ2v) is 6.28. The Morgan fingerprint density at radius 3 is 2.29 bits per heavy atom. The lowest BCUT2D eigenvalue weighted by Crippen LogP contribution is -2.08. The Labute approximate surface area is 161 Å². The number of H-pyrrole nitrogens is 1. The lowest BCUT2D eigenvalue weighted by molar-refractivity contribution is 0.0943. The van der Waals surface area contributed by atoms with Gasteiger partial charge in [-0.3, -0.25) is 4.79 Å². The summed E-state index contributed by atoms with van der Waals surface area (Å²) in [7, 11) is 0. The number of pyridine rings is 1. The highest BCUT2D eigenvalue weighted by molar-refractivity contribution is 5.89. The minimum absolute atomic E-state index is 0.181. The molecule has 0 atom stereocenters. The molecule has 140 valence electrons. The van der Waals surface area contributed by atoms with Crippen LogP contribution in [-0.2, 0) is 6.61 Å². The van der Waals surface area contributed by atoms with E-state index in [9.17, 15) is 9.90 Å². The number of ether oxygens (including phenoxy) is 2. The third-order valence-electron chi connectivity index (χ3n) is 4.44. The Hall–Kier alpha value is -3.57. The molecule has 28 heavy (non-hydrogen) atoms. The van der Waals surface area contributed by atoms with Crippen molar-refractivity contribution < 1.29 is 14.6 Å². The van der Waals surface area contributed by atoms with Crippen LogP contribution in [0.25, 0.3) is 22.2 Å². The quantitative estimate of drug-likeness (QED) is 0.499. The molecule has 5 heteroatoms. The van der Waals surface area contributed by atoms with Gasteiger partial charge in [0, 0.05) is 11.8 Å². The van der Waals surface area contributed by atoms with Crippen molar-refractivity contribution in [3.63, 3.8) is 0 Å². The van der Waals surface area contributed by atoms with Crippen molar-refractivity contribution in [2.45, 2.75) is 6.61 Å². The zero-order valence-corrected chi connectivity index (χ0v) is 15.1. The Morgan fingerprint density at radius 2 is 1.57 bits per heavy atom. The smallest absolute Gasteiger partial charge is 0.193 e. The van der Waals surface area contributed by atoms with E-state index in [-0.39, 0.29) is 12.0 Å². The topological polar surface area (TPSA) is 71.6 Å². The van der Waals surface area contributed by atoms with Crippen molar-refractivity contribution >= 4 is 10.9 Å². The molecule has 5 nitrogen and oxygen atoms in total. The minimum atomic E-state index is -0.507. The van der Waals surface area contributed by atoms with E-state index in [0.29, 0.717) is 22.4 Å². The second kappa shape index (κ2) is 7.98. The van der Waals surface area contributed by atoms with E-state index in [1.165, 1.54) is 0 Å². The van der Waals surface area contributed by atoms with E-state index in [2.05, 4.69) is 4.98 Å². The van der Waals surface area contributed by atoms with Crippen LogP contribution in [0.3, 0.4) is 0 Å². The zero-order chi connectivity index (χ0) is 19.3. The zero-order valence-electron chi connectivity index (χ0n) is 15.1.